The zero-order chi connectivity index (χ0) is 13.0. The molecular weight excluding hydrogens is 262 g/mol. The van der Waals surface area contributed by atoms with Crippen molar-refractivity contribution in [2.45, 2.75) is 43.2 Å². The lowest BCUT2D eigenvalue weighted by Crippen LogP contribution is -2.40. The molecule has 1 aliphatic rings. The Balaban J connectivity index is 1.89. The average molecular weight is 284 g/mol. The van der Waals surface area contributed by atoms with Crippen molar-refractivity contribution in [1.29, 1.82) is 0 Å². The van der Waals surface area contributed by atoms with Crippen LogP contribution in [0.4, 0.5) is 0 Å². The molecule has 0 spiro atoms. The third-order valence-corrected chi connectivity index (χ3v) is 5.50. The van der Waals surface area contributed by atoms with Crippen LogP contribution >= 0.6 is 23.4 Å². The molecule has 0 aromatic heterocycles. The second-order valence-electron chi connectivity index (χ2n) is 5.29. The minimum absolute atomic E-state index is 0.679. The minimum atomic E-state index is 0.679. The van der Waals surface area contributed by atoms with Gasteiger partial charge in [0.2, 0.25) is 0 Å². The molecule has 0 radical (unpaired) electrons. The molecule has 0 saturated heterocycles. The summed E-state index contributed by atoms with van der Waals surface area (Å²) in [4.78, 5) is 0. The van der Waals surface area contributed by atoms with Gasteiger partial charge in [-0.3, -0.25) is 0 Å². The van der Waals surface area contributed by atoms with Crippen molar-refractivity contribution in [2.75, 3.05) is 7.05 Å². The molecule has 1 N–H and O–H groups in total. The maximum absolute atomic E-state index is 5.91. The second kappa shape index (κ2) is 6.83. The Morgan fingerprint density at radius 2 is 2.00 bits per heavy atom. The monoisotopic (exact) mass is 283 g/mol. The third kappa shape index (κ3) is 3.91. The van der Waals surface area contributed by atoms with Crippen molar-refractivity contribution in [2.24, 2.45) is 5.92 Å². The van der Waals surface area contributed by atoms with Crippen molar-refractivity contribution in [3.05, 3.63) is 34.9 Å². The maximum Gasteiger partial charge on any atom is 0.0406 e. The molecule has 1 fully saturated rings. The van der Waals surface area contributed by atoms with Crippen LogP contribution in [0.3, 0.4) is 0 Å². The van der Waals surface area contributed by atoms with E-state index in [0.717, 1.165) is 21.9 Å². The van der Waals surface area contributed by atoms with E-state index in [1.54, 1.807) is 0 Å². The minimum Gasteiger partial charge on any atom is -0.316 e. The third-order valence-electron chi connectivity index (χ3n) is 3.80. The number of rotatable bonds is 4. The highest BCUT2D eigenvalue weighted by Gasteiger charge is 2.27. The highest BCUT2D eigenvalue weighted by atomic mass is 35.5. The lowest BCUT2D eigenvalue weighted by atomic mass is 9.87. The number of hydrogen-bond acceptors (Lipinski definition) is 2. The molecule has 1 aromatic carbocycles. The molecule has 1 nitrogen and oxygen atoms in total. The van der Waals surface area contributed by atoms with Gasteiger partial charge < -0.3 is 5.32 Å². The summed E-state index contributed by atoms with van der Waals surface area (Å²) in [7, 11) is 2.09. The van der Waals surface area contributed by atoms with E-state index in [2.05, 4.69) is 43.2 Å². The van der Waals surface area contributed by atoms with Gasteiger partial charge in [0.1, 0.15) is 0 Å². The normalized spacial score (nSPS) is 28.3. The van der Waals surface area contributed by atoms with E-state index >= 15 is 0 Å². The van der Waals surface area contributed by atoms with Crippen LogP contribution in [0.15, 0.2) is 24.3 Å². The number of thioether (sulfide) groups is 1. The molecule has 0 bridgehead atoms. The summed E-state index contributed by atoms with van der Waals surface area (Å²) in [6, 6.07) is 8.91. The van der Waals surface area contributed by atoms with E-state index in [0.29, 0.717) is 6.04 Å². The summed E-state index contributed by atoms with van der Waals surface area (Å²) in [5.74, 6) is 1.96. The standard InChI is InChI=1S/C15H22ClNS/c1-11-3-8-14(17-2)15(9-11)18-10-12-4-6-13(16)7-5-12/h4-7,11,14-15,17H,3,8-10H2,1-2H3. The van der Waals surface area contributed by atoms with Crippen molar-refractivity contribution >= 4 is 23.4 Å². The summed E-state index contributed by atoms with van der Waals surface area (Å²) in [5, 5.41) is 5.05. The van der Waals surface area contributed by atoms with Gasteiger partial charge in [0, 0.05) is 22.1 Å². The fraction of sp³-hybridized carbons (Fsp3) is 0.600. The van der Waals surface area contributed by atoms with Gasteiger partial charge in [-0.1, -0.05) is 30.7 Å². The van der Waals surface area contributed by atoms with Crippen molar-refractivity contribution in [3.63, 3.8) is 0 Å². The van der Waals surface area contributed by atoms with E-state index in [1.165, 1.54) is 24.8 Å². The highest BCUT2D eigenvalue weighted by Crippen LogP contribution is 2.34. The van der Waals surface area contributed by atoms with Crippen LogP contribution in [0, 0.1) is 5.92 Å². The van der Waals surface area contributed by atoms with Crippen LogP contribution in [0.2, 0.25) is 5.02 Å². The van der Waals surface area contributed by atoms with E-state index in [9.17, 15) is 0 Å². The molecule has 1 aromatic rings. The molecule has 18 heavy (non-hydrogen) atoms. The Labute approximate surface area is 120 Å². The Kier molecular flexibility index (Phi) is 5.40. The van der Waals surface area contributed by atoms with Gasteiger partial charge in [0.05, 0.1) is 0 Å². The lowest BCUT2D eigenvalue weighted by molar-refractivity contribution is 0.329. The van der Waals surface area contributed by atoms with Gasteiger partial charge in [0.25, 0.3) is 0 Å². The number of nitrogens with one attached hydrogen (secondary N) is 1. The van der Waals surface area contributed by atoms with Crippen LogP contribution in [-0.4, -0.2) is 18.3 Å². The molecule has 3 atom stereocenters. The molecule has 3 unspecified atom stereocenters. The summed E-state index contributed by atoms with van der Waals surface area (Å²) in [6.45, 7) is 2.38. The summed E-state index contributed by atoms with van der Waals surface area (Å²) in [5.41, 5.74) is 1.37. The van der Waals surface area contributed by atoms with Gasteiger partial charge in [-0.05, 0) is 49.9 Å². The van der Waals surface area contributed by atoms with Crippen LogP contribution in [0.5, 0.6) is 0 Å². The Bertz CT molecular complexity index is 365. The van der Waals surface area contributed by atoms with Gasteiger partial charge in [-0.2, -0.15) is 11.8 Å². The highest BCUT2D eigenvalue weighted by molar-refractivity contribution is 7.99. The molecule has 100 valence electrons. The summed E-state index contributed by atoms with van der Waals surface area (Å²) >= 11 is 8.00. The molecule has 3 heteroatoms. The van der Waals surface area contributed by atoms with E-state index in [-0.39, 0.29) is 0 Å². The maximum atomic E-state index is 5.91. The zero-order valence-electron chi connectivity index (χ0n) is 11.2. The first-order valence-electron chi connectivity index (χ1n) is 6.72. The number of benzene rings is 1. The lowest BCUT2D eigenvalue weighted by Gasteiger charge is -2.34. The Hall–Kier alpha value is -0.180. The van der Waals surface area contributed by atoms with Gasteiger partial charge in [0.15, 0.2) is 0 Å². The second-order valence-corrected chi connectivity index (χ2v) is 6.95. The van der Waals surface area contributed by atoms with Gasteiger partial charge in [-0.15, -0.1) is 0 Å². The zero-order valence-corrected chi connectivity index (χ0v) is 12.7. The van der Waals surface area contributed by atoms with Gasteiger partial charge >= 0.3 is 0 Å². The predicted octanol–water partition coefficient (Wildman–Crippen LogP) is 4.35. The van der Waals surface area contributed by atoms with Crippen LogP contribution in [-0.2, 0) is 5.75 Å². The fourth-order valence-electron chi connectivity index (χ4n) is 2.63. The smallest absolute Gasteiger partial charge is 0.0406 e. The largest absolute Gasteiger partial charge is 0.316 e. The van der Waals surface area contributed by atoms with Crippen molar-refractivity contribution < 1.29 is 0 Å². The topological polar surface area (TPSA) is 12.0 Å². The Morgan fingerprint density at radius 3 is 2.67 bits per heavy atom. The van der Waals surface area contributed by atoms with E-state index < -0.39 is 0 Å². The molecule has 2 rings (SSSR count). The fourth-order valence-corrected chi connectivity index (χ4v) is 4.32. The van der Waals surface area contributed by atoms with Gasteiger partial charge in [-0.25, -0.2) is 0 Å². The first kappa shape index (κ1) is 14.2. The average Bonchev–Trinajstić information content (AvgIpc) is 2.38. The van der Waals surface area contributed by atoms with Crippen molar-refractivity contribution in [3.8, 4) is 0 Å². The summed E-state index contributed by atoms with van der Waals surface area (Å²) in [6.07, 6.45) is 4.02. The van der Waals surface area contributed by atoms with Crippen LogP contribution in [0.1, 0.15) is 31.7 Å². The molecule has 1 saturated carbocycles. The Morgan fingerprint density at radius 1 is 1.28 bits per heavy atom. The predicted molar refractivity (Wildman–Crippen MR) is 82.4 cm³/mol. The molecule has 0 heterocycles. The SMILES string of the molecule is CNC1CCC(C)CC1SCc1ccc(Cl)cc1. The first-order chi connectivity index (χ1) is 8.69. The number of hydrogen-bond donors (Lipinski definition) is 1. The summed E-state index contributed by atoms with van der Waals surface area (Å²) < 4.78 is 0. The number of halogens is 1. The molecule has 0 amide bonds. The van der Waals surface area contributed by atoms with Crippen LogP contribution in [0.25, 0.3) is 0 Å². The van der Waals surface area contributed by atoms with E-state index in [1.807, 2.05) is 12.1 Å². The van der Waals surface area contributed by atoms with Crippen LogP contribution < -0.4 is 5.32 Å². The molecular formula is C15H22ClNS. The van der Waals surface area contributed by atoms with Crippen molar-refractivity contribution in [1.82, 2.24) is 5.32 Å². The van der Waals surface area contributed by atoms with E-state index in [4.69, 9.17) is 11.6 Å². The molecule has 0 aliphatic heterocycles. The first-order valence-corrected chi connectivity index (χ1v) is 8.15. The quantitative estimate of drug-likeness (QED) is 0.882. The molecule has 1 aliphatic carbocycles.